The number of hydrogen-bond donors (Lipinski definition) is 0. The molecule has 0 aliphatic rings. The summed E-state index contributed by atoms with van der Waals surface area (Å²) in [6, 6.07) is 9.39. The second kappa shape index (κ2) is 10.2. The molecule has 1 rings (SSSR count). The molecule has 0 atom stereocenters. The van der Waals surface area contributed by atoms with Gasteiger partial charge in [0.15, 0.2) is 0 Å². The van der Waals surface area contributed by atoms with Crippen LogP contribution in [0.1, 0.15) is 25.3 Å². The topological polar surface area (TPSA) is 39.5 Å². The van der Waals surface area contributed by atoms with Crippen LogP contribution in [0.3, 0.4) is 0 Å². The van der Waals surface area contributed by atoms with Gasteiger partial charge in [0.2, 0.25) is 0 Å². The minimum absolute atomic E-state index is 0.667. The summed E-state index contributed by atoms with van der Waals surface area (Å²) in [6.45, 7) is 7.35. The van der Waals surface area contributed by atoms with E-state index in [2.05, 4.69) is 36.9 Å². The molecule has 4 heteroatoms. The van der Waals surface area contributed by atoms with Gasteiger partial charge in [-0.05, 0) is 57.7 Å². The quantitative estimate of drug-likeness (QED) is 0.621. The molecule has 1 aromatic rings. The van der Waals surface area contributed by atoms with Crippen molar-refractivity contribution in [2.45, 2.75) is 19.8 Å². The summed E-state index contributed by atoms with van der Waals surface area (Å²) in [4.78, 5) is 4.71. The summed E-state index contributed by atoms with van der Waals surface area (Å²) in [7, 11) is 4.22. The number of nitriles is 1. The molecule has 0 heterocycles. The predicted octanol–water partition coefficient (Wildman–Crippen LogP) is 2.60. The summed E-state index contributed by atoms with van der Waals surface area (Å²) in [5, 5.41) is 8.74. The summed E-state index contributed by atoms with van der Waals surface area (Å²) in [5.74, 6) is 0.837. The molecule has 0 saturated carbocycles. The van der Waals surface area contributed by atoms with E-state index in [1.165, 1.54) is 6.42 Å². The second-order valence-electron chi connectivity index (χ2n) is 5.48. The third kappa shape index (κ3) is 7.69. The number of likely N-dealkylation sites (N-methyl/N-ethyl adjacent to an activating group) is 1. The zero-order chi connectivity index (χ0) is 15.5. The first-order chi connectivity index (χ1) is 10.2. The molecule has 0 aliphatic heterocycles. The van der Waals surface area contributed by atoms with Crippen molar-refractivity contribution in [3.05, 3.63) is 29.8 Å². The fourth-order valence-corrected chi connectivity index (χ4v) is 2.10. The molecule has 0 fully saturated rings. The first kappa shape index (κ1) is 17.5. The van der Waals surface area contributed by atoms with Gasteiger partial charge in [-0.25, -0.2) is 0 Å². The van der Waals surface area contributed by atoms with Crippen LogP contribution in [0, 0.1) is 11.3 Å². The standard InChI is InChI=1S/C17H27N3O/c1-4-10-20(13-12-19(2)3)11-5-14-21-17-8-6-16(15-18)7-9-17/h6-9H,4-5,10-14H2,1-3H3. The monoisotopic (exact) mass is 289 g/mol. The normalized spacial score (nSPS) is 10.9. The van der Waals surface area contributed by atoms with Gasteiger partial charge in [-0.1, -0.05) is 6.92 Å². The maximum atomic E-state index is 8.74. The van der Waals surface area contributed by atoms with E-state index in [4.69, 9.17) is 10.00 Å². The van der Waals surface area contributed by atoms with Crippen LogP contribution in [0.15, 0.2) is 24.3 Å². The van der Waals surface area contributed by atoms with Crippen LogP contribution < -0.4 is 4.74 Å². The maximum Gasteiger partial charge on any atom is 0.119 e. The highest BCUT2D eigenvalue weighted by Crippen LogP contribution is 2.11. The Hall–Kier alpha value is -1.57. The number of nitrogens with zero attached hydrogens (tertiary/aromatic N) is 3. The largest absolute Gasteiger partial charge is 0.494 e. The summed E-state index contributed by atoms with van der Waals surface area (Å²) < 4.78 is 5.71. The van der Waals surface area contributed by atoms with Crippen LogP contribution in [-0.4, -0.2) is 56.7 Å². The van der Waals surface area contributed by atoms with Crippen LogP contribution in [-0.2, 0) is 0 Å². The van der Waals surface area contributed by atoms with Crippen LogP contribution in [0.5, 0.6) is 5.75 Å². The number of rotatable bonds is 10. The highest BCUT2D eigenvalue weighted by atomic mass is 16.5. The first-order valence-corrected chi connectivity index (χ1v) is 7.65. The third-order valence-electron chi connectivity index (χ3n) is 3.27. The molecule has 0 aromatic heterocycles. The molecule has 0 bridgehead atoms. The van der Waals surface area contributed by atoms with Crippen molar-refractivity contribution >= 4 is 0 Å². The van der Waals surface area contributed by atoms with E-state index in [1.807, 2.05) is 12.1 Å². The lowest BCUT2D eigenvalue weighted by atomic mass is 10.2. The zero-order valence-corrected chi connectivity index (χ0v) is 13.5. The molecule has 0 radical (unpaired) electrons. The van der Waals surface area contributed by atoms with Crippen LogP contribution >= 0.6 is 0 Å². The molecule has 21 heavy (non-hydrogen) atoms. The number of ether oxygens (including phenoxy) is 1. The fraction of sp³-hybridized carbons (Fsp3) is 0.588. The van der Waals surface area contributed by atoms with Crippen molar-refractivity contribution in [2.24, 2.45) is 0 Å². The summed E-state index contributed by atoms with van der Waals surface area (Å²) >= 11 is 0. The second-order valence-corrected chi connectivity index (χ2v) is 5.48. The van der Waals surface area contributed by atoms with Crippen molar-refractivity contribution in [1.29, 1.82) is 5.26 Å². The van der Waals surface area contributed by atoms with Gasteiger partial charge < -0.3 is 14.5 Å². The van der Waals surface area contributed by atoms with Gasteiger partial charge in [-0.3, -0.25) is 0 Å². The van der Waals surface area contributed by atoms with Crippen molar-refractivity contribution in [3.63, 3.8) is 0 Å². The van der Waals surface area contributed by atoms with Gasteiger partial charge in [0, 0.05) is 19.6 Å². The molecular formula is C17H27N3O. The minimum Gasteiger partial charge on any atom is -0.494 e. The summed E-state index contributed by atoms with van der Waals surface area (Å²) in [5.41, 5.74) is 0.667. The van der Waals surface area contributed by atoms with E-state index in [1.54, 1.807) is 12.1 Å². The Morgan fingerprint density at radius 2 is 1.76 bits per heavy atom. The molecule has 0 aliphatic carbocycles. The van der Waals surface area contributed by atoms with Crippen molar-refractivity contribution < 1.29 is 4.74 Å². The lowest BCUT2D eigenvalue weighted by Crippen LogP contribution is -2.33. The molecule has 0 saturated heterocycles. The molecule has 0 unspecified atom stereocenters. The van der Waals surface area contributed by atoms with Gasteiger partial charge >= 0.3 is 0 Å². The Balaban J connectivity index is 2.24. The van der Waals surface area contributed by atoms with Crippen molar-refractivity contribution in [1.82, 2.24) is 9.80 Å². The van der Waals surface area contributed by atoms with Crippen molar-refractivity contribution in [3.8, 4) is 11.8 Å². The van der Waals surface area contributed by atoms with Gasteiger partial charge in [-0.2, -0.15) is 5.26 Å². The van der Waals surface area contributed by atoms with Gasteiger partial charge in [0.25, 0.3) is 0 Å². The smallest absolute Gasteiger partial charge is 0.119 e. The van der Waals surface area contributed by atoms with Crippen molar-refractivity contribution in [2.75, 3.05) is 46.9 Å². The average molecular weight is 289 g/mol. The first-order valence-electron chi connectivity index (χ1n) is 7.65. The highest BCUT2D eigenvalue weighted by molar-refractivity contribution is 5.34. The molecule has 4 nitrogen and oxygen atoms in total. The SMILES string of the molecule is CCCN(CCCOc1ccc(C#N)cc1)CCN(C)C. The van der Waals surface area contributed by atoms with E-state index >= 15 is 0 Å². The zero-order valence-electron chi connectivity index (χ0n) is 13.5. The van der Waals surface area contributed by atoms with Crippen LogP contribution in [0.2, 0.25) is 0 Å². The Labute approximate surface area is 128 Å². The lowest BCUT2D eigenvalue weighted by Gasteiger charge is -2.23. The number of hydrogen-bond acceptors (Lipinski definition) is 4. The fourth-order valence-electron chi connectivity index (χ4n) is 2.10. The molecule has 0 N–H and O–H groups in total. The lowest BCUT2D eigenvalue weighted by molar-refractivity contribution is 0.216. The Morgan fingerprint density at radius 1 is 1.05 bits per heavy atom. The van der Waals surface area contributed by atoms with E-state index in [9.17, 15) is 0 Å². The van der Waals surface area contributed by atoms with E-state index < -0.39 is 0 Å². The Kier molecular flexibility index (Phi) is 8.49. The Morgan fingerprint density at radius 3 is 2.33 bits per heavy atom. The van der Waals surface area contributed by atoms with Crippen LogP contribution in [0.4, 0.5) is 0 Å². The van der Waals surface area contributed by atoms with E-state index in [0.717, 1.165) is 38.3 Å². The molecule has 116 valence electrons. The predicted molar refractivity (Wildman–Crippen MR) is 86.6 cm³/mol. The molecule has 0 spiro atoms. The van der Waals surface area contributed by atoms with Gasteiger partial charge in [0.05, 0.1) is 18.2 Å². The molecular weight excluding hydrogens is 262 g/mol. The van der Waals surface area contributed by atoms with Crippen LogP contribution in [0.25, 0.3) is 0 Å². The van der Waals surface area contributed by atoms with E-state index in [-0.39, 0.29) is 0 Å². The summed E-state index contributed by atoms with van der Waals surface area (Å²) in [6.07, 6.45) is 2.21. The average Bonchev–Trinajstić information content (AvgIpc) is 2.49. The third-order valence-corrected chi connectivity index (χ3v) is 3.27. The van der Waals surface area contributed by atoms with Gasteiger partial charge in [0.1, 0.15) is 5.75 Å². The van der Waals surface area contributed by atoms with E-state index in [0.29, 0.717) is 12.2 Å². The number of benzene rings is 1. The minimum atomic E-state index is 0.667. The van der Waals surface area contributed by atoms with Gasteiger partial charge in [-0.15, -0.1) is 0 Å². The Bertz CT molecular complexity index is 423. The maximum absolute atomic E-state index is 8.74. The molecule has 0 amide bonds. The highest BCUT2D eigenvalue weighted by Gasteiger charge is 2.04. The molecule has 1 aromatic carbocycles.